The average Bonchev–Trinajstić information content (AvgIpc) is 2.71. The monoisotopic (exact) mass is 365 g/mol. The first-order valence-corrected chi connectivity index (χ1v) is 8.13. The summed E-state index contributed by atoms with van der Waals surface area (Å²) in [5.41, 5.74) is 0.654. The fourth-order valence-electron chi connectivity index (χ4n) is 1.56. The highest BCUT2D eigenvalue weighted by molar-refractivity contribution is 9.10. The van der Waals surface area contributed by atoms with Crippen molar-refractivity contribution >= 4 is 35.7 Å². The summed E-state index contributed by atoms with van der Waals surface area (Å²) in [6.07, 6.45) is 0. The molecule has 0 saturated carbocycles. The number of ether oxygens (including phenoxy) is 1. The third kappa shape index (κ3) is 2.75. The minimum absolute atomic E-state index is 0.307. The molecule has 9 heteroatoms. The van der Waals surface area contributed by atoms with Crippen molar-refractivity contribution in [2.75, 3.05) is 7.11 Å². The highest BCUT2D eigenvalue weighted by Crippen LogP contribution is 2.31. The van der Waals surface area contributed by atoms with E-state index in [-0.39, 0.29) is 5.16 Å². The molecule has 1 aromatic heterocycles. The molecule has 0 spiro atoms. The maximum Gasteiger partial charge on any atom is 0.296 e. The van der Waals surface area contributed by atoms with Gasteiger partial charge in [0.05, 0.1) is 7.11 Å². The quantitative estimate of drug-likeness (QED) is 0.778. The number of hydrogen-bond donors (Lipinski definition) is 0. The van der Waals surface area contributed by atoms with E-state index < -0.39 is 9.05 Å². The number of hydrogen-bond acceptors (Lipinski definition) is 5. The number of halogens is 2. The highest BCUT2D eigenvalue weighted by Gasteiger charge is 2.22. The lowest BCUT2D eigenvalue weighted by Gasteiger charge is -2.07. The van der Waals surface area contributed by atoms with Gasteiger partial charge in [-0.1, -0.05) is 15.9 Å². The fourth-order valence-corrected chi connectivity index (χ4v) is 2.94. The molecule has 0 fully saturated rings. The van der Waals surface area contributed by atoms with E-state index in [1.807, 2.05) is 0 Å². The van der Waals surface area contributed by atoms with Crippen molar-refractivity contribution < 1.29 is 13.2 Å². The van der Waals surface area contributed by atoms with Crippen LogP contribution in [0.5, 0.6) is 5.75 Å². The van der Waals surface area contributed by atoms with Crippen LogP contribution in [0.1, 0.15) is 0 Å². The number of nitrogens with zero attached hydrogens (tertiary/aromatic N) is 3. The summed E-state index contributed by atoms with van der Waals surface area (Å²) in [4.78, 5) is 0. The smallest absolute Gasteiger partial charge is 0.296 e. The Bertz CT molecular complexity index is 730. The number of methoxy groups -OCH3 is 1. The zero-order valence-corrected chi connectivity index (χ0v) is 13.1. The minimum Gasteiger partial charge on any atom is -0.497 e. The Balaban J connectivity index is 2.64. The molecule has 0 atom stereocenters. The van der Waals surface area contributed by atoms with Crippen LogP contribution in [0.4, 0.5) is 0 Å². The summed E-state index contributed by atoms with van der Waals surface area (Å²) in [5, 5.41) is 7.14. The molecule has 0 bridgehead atoms. The average molecular weight is 367 g/mol. The van der Waals surface area contributed by atoms with Crippen molar-refractivity contribution in [3.63, 3.8) is 0 Å². The molecule has 102 valence electrons. The molecular formula is C10H9BrClN3O3S. The number of rotatable bonds is 3. The Morgan fingerprint density at radius 3 is 2.58 bits per heavy atom. The first kappa shape index (κ1) is 14.3. The summed E-state index contributed by atoms with van der Waals surface area (Å²) in [5.74, 6) is 0.987. The van der Waals surface area contributed by atoms with Crippen LogP contribution in [0, 0.1) is 0 Å². The molecule has 0 amide bonds. The van der Waals surface area contributed by atoms with Gasteiger partial charge in [0.25, 0.3) is 14.2 Å². The van der Waals surface area contributed by atoms with Crippen molar-refractivity contribution in [3.05, 3.63) is 22.7 Å². The topological polar surface area (TPSA) is 74.1 Å². The van der Waals surface area contributed by atoms with Crippen LogP contribution in [-0.4, -0.2) is 30.3 Å². The normalized spacial score (nSPS) is 11.6. The van der Waals surface area contributed by atoms with Gasteiger partial charge in [0.2, 0.25) is 0 Å². The van der Waals surface area contributed by atoms with E-state index in [0.29, 0.717) is 17.1 Å². The Morgan fingerprint density at radius 2 is 2.05 bits per heavy atom. The zero-order chi connectivity index (χ0) is 14.2. The van der Waals surface area contributed by atoms with Crippen molar-refractivity contribution in [1.82, 2.24) is 14.8 Å². The number of benzene rings is 1. The van der Waals surface area contributed by atoms with Crippen LogP contribution in [0.15, 0.2) is 27.8 Å². The summed E-state index contributed by atoms with van der Waals surface area (Å²) in [7, 11) is 4.41. The van der Waals surface area contributed by atoms with Gasteiger partial charge >= 0.3 is 0 Å². The molecule has 0 aliphatic carbocycles. The Labute approximate surface area is 122 Å². The maximum absolute atomic E-state index is 11.3. The first-order chi connectivity index (χ1) is 8.84. The van der Waals surface area contributed by atoms with Gasteiger partial charge in [0, 0.05) is 27.8 Å². The van der Waals surface area contributed by atoms with Gasteiger partial charge in [-0.25, -0.2) is 8.42 Å². The van der Waals surface area contributed by atoms with Crippen molar-refractivity contribution in [3.8, 4) is 17.1 Å². The van der Waals surface area contributed by atoms with Gasteiger partial charge < -0.3 is 4.74 Å². The van der Waals surface area contributed by atoms with Crippen molar-refractivity contribution in [2.24, 2.45) is 7.05 Å². The summed E-state index contributed by atoms with van der Waals surface area (Å²) >= 11 is 3.37. The van der Waals surface area contributed by atoms with E-state index in [1.165, 1.54) is 11.6 Å². The van der Waals surface area contributed by atoms with E-state index in [0.717, 1.165) is 4.47 Å². The van der Waals surface area contributed by atoms with Crippen LogP contribution < -0.4 is 4.74 Å². The standard InChI is InChI=1S/C10H9BrClN3O3S/c1-15-9(13-14-10(15)19(12,16)17)7-5-6(18-2)3-4-8(7)11/h3-5H,1-2H3. The van der Waals surface area contributed by atoms with Crippen LogP contribution in [0.3, 0.4) is 0 Å². The fraction of sp³-hybridized carbons (Fsp3) is 0.200. The van der Waals surface area contributed by atoms with E-state index in [2.05, 4.69) is 26.1 Å². The van der Waals surface area contributed by atoms with Crippen molar-refractivity contribution in [2.45, 2.75) is 5.16 Å². The Morgan fingerprint density at radius 1 is 1.37 bits per heavy atom. The highest BCUT2D eigenvalue weighted by atomic mass is 79.9. The Hall–Kier alpha value is -1.12. The molecule has 2 aromatic rings. The van der Waals surface area contributed by atoms with E-state index in [4.69, 9.17) is 15.4 Å². The molecular weight excluding hydrogens is 358 g/mol. The zero-order valence-electron chi connectivity index (χ0n) is 9.96. The summed E-state index contributed by atoms with van der Waals surface area (Å²) in [6, 6.07) is 5.26. The predicted molar refractivity (Wildman–Crippen MR) is 73.7 cm³/mol. The minimum atomic E-state index is -3.93. The lowest BCUT2D eigenvalue weighted by molar-refractivity contribution is 0.415. The maximum atomic E-state index is 11.3. The second kappa shape index (κ2) is 5.10. The van der Waals surface area contributed by atoms with Gasteiger partial charge in [-0.05, 0) is 18.2 Å². The van der Waals surface area contributed by atoms with Crippen LogP contribution >= 0.6 is 26.6 Å². The molecule has 1 heterocycles. The predicted octanol–water partition coefficient (Wildman–Crippen LogP) is 2.18. The molecule has 0 saturated heterocycles. The summed E-state index contributed by atoms with van der Waals surface area (Å²) < 4.78 is 29.8. The lowest BCUT2D eigenvalue weighted by atomic mass is 10.2. The molecule has 0 aliphatic rings. The molecule has 0 unspecified atom stereocenters. The van der Waals surface area contributed by atoms with Gasteiger partial charge in [-0.15, -0.1) is 10.2 Å². The second-order valence-corrected chi connectivity index (χ2v) is 6.96. The van der Waals surface area contributed by atoms with Crippen LogP contribution in [0.25, 0.3) is 11.4 Å². The summed E-state index contributed by atoms with van der Waals surface area (Å²) in [6.45, 7) is 0. The van der Waals surface area contributed by atoms with E-state index in [1.54, 1.807) is 25.3 Å². The van der Waals surface area contributed by atoms with Gasteiger partial charge in [0.1, 0.15) is 5.75 Å². The third-order valence-electron chi connectivity index (χ3n) is 2.47. The van der Waals surface area contributed by atoms with Crippen LogP contribution in [0.2, 0.25) is 0 Å². The molecule has 2 rings (SSSR count). The second-order valence-electron chi connectivity index (χ2n) is 3.65. The number of aromatic nitrogens is 3. The van der Waals surface area contributed by atoms with Gasteiger partial charge in [0.15, 0.2) is 5.82 Å². The lowest BCUT2D eigenvalue weighted by Crippen LogP contribution is -2.03. The largest absolute Gasteiger partial charge is 0.497 e. The molecule has 0 aliphatic heterocycles. The van der Waals surface area contributed by atoms with Crippen LogP contribution in [-0.2, 0) is 16.1 Å². The molecule has 0 radical (unpaired) electrons. The first-order valence-electron chi connectivity index (χ1n) is 5.02. The Kier molecular flexibility index (Phi) is 3.84. The molecule has 6 nitrogen and oxygen atoms in total. The van der Waals surface area contributed by atoms with Gasteiger partial charge in [-0.2, -0.15) is 0 Å². The molecule has 0 N–H and O–H groups in total. The SMILES string of the molecule is COc1ccc(Br)c(-c2nnc(S(=O)(=O)Cl)n2C)c1. The van der Waals surface area contributed by atoms with Gasteiger partial charge in [-0.3, -0.25) is 4.57 Å². The third-order valence-corrected chi connectivity index (χ3v) is 4.36. The van der Waals surface area contributed by atoms with Crippen molar-refractivity contribution in [1.29, 1.82) is 0 Å². The molecule has 1 aromatic carbocycles. The molecule has 19 heavy (non-hydrogen) atoms. The van der Waals surface area contributed by atoms with E-state index in [9.17, 15) is 8.42 Å². The van der Waals surface area contributed by atoms with E-state index >= 15 is 0 Å².